The molecule has 0 aliphatic heterocycles. The molecule has 0 atom stereocenters. The van der Waals surface area contributed by atoms with Crippen LogP contribution in [0, 0.1) is 5.92 Å². The molecule has 3 rings (SSSR count). The van der Waals surface area contributed by atoms with Crippen LogP contribution < -0.4 is 5.32 Å². The van der Waals surface area contributed by atoms with Crippen LogP contribution >= 0.6 is 0 Å². The molecule has 1 aliphatic carbocycles. The number of hydrogen-bond donors (Lipinski definition) is 2. The van der Waals surface area contributed by atoms with Crippen LogP contribution in [0.1, 0.15) is 29.8 Å². The van der Waals surface area contributed by atoms with Crippen LogP contribution in [0.3, 0.4) is 0 Å². The van der Waals surface area contributed by atoms with Gasteiger partial charge in [-0.05, 0) is 25.2 Å². The van der Waals surface area contributed by atoms with Gasteiger partial charge in [0.2, 0.25) is 0 Å². The number of amides is 1. The molecule has 1 aromatic heterocycles. The van der Waals surface area contributed by atoms with Gasteiger partial charge in [0.15, 0.2) is 11.5 Å². The molecule has 2 N–H and O–H groups in total. The maximum atomic E-state index is 12.1. The monoisotopic (exact) mass is 286 g/mol. The topological polar surface area (TPSA) is 75.4 Å². The maximum Gasteiger partial charge on any atom is 0.273 e. The Hall–Kier alpha value is -2.14. The normalized spacial score (nSPS) is 20.8. The predicted molar refractivity (Wildman–Crippen MR) is 77.6 cm³/mol. The lowest BCUT2D eigenvalue weighted by Crippen LogP contribution is -2.44. The van der Waals surface area contributed by atoms with E-state index < -0.39 is 0 Å². The quantitative estimate of drug-likeness (QED) is 0.884. The zero-order chi connectivity index (χ0) is 14.7. The fourth-order valence-corrected chi connectivity index (χ4v) is 2.65. The summed E-state index contributed by atoms with van der Waals surface area (Å²) in [6.45, 7) is 0.217. The molecule has 0 spiro atoms. The zero-order valence-electron chi connectivity index (χ0n) is 11.7. The van der Waals surface area contributed by atoms with Crippen molar-refractivity contribution in [2.75, 3.05) is 6.61 Å². The van der Waals surface area contributed by atoms with Crippen molar-refractivity contribution in [3.8, 4) is 11.3 Å². The van der Waals surface area contributed by atoms with Crippen molar-refractivity contribution in [3.05, 3.63) is 42.1 Å². The number of aliphatic hydroxyl groups excluding tert-OH is 1. The number of carbonyl (C=O) groups excluding carboxylic acids is 1. The minimum absolute atomic E-state index is 0.186. The van der Waals surface area contributed by atoms with E-state index in [1.54, 1.807) is 6.07 Å². The molecule has 0 bridgehead atoms. The minimum Gasteiger partial charge on any atom is -0.396 e. The molecule has 110 valence electrons. The summed E-state index contributed by atoms with van der Waals surface area (Å²) in [4.78, 5) is 12.1. The summed E-state index contributed by atoms with van der Waals surface area (Å²) < 4.78 is 5.22. The molecule has 1 amide bonds. The van der Waals surface area contributed by atoms with Crippen molar-refractivity contribution in [2.24, 2.45) is 5.92 Å². The Kier molecular flexibility index (Phi) is 4.01. The fraction of sp³-hybridized carbons (Fsp3) is 0.375. The largest absolute Gasteiger partial charge is 0.396 e. The number of benzene rings is 1. The Morgan fingerprint density at radius 2 is 2.10 bits per heavy atom. The number of carbonyl (C=O) groups is 1. The summed E-state index contributed by atoms with van der Waals surface area (Å²) in [5.41, 5.74) is 1.20. The van der Waals surface area contributed by atoms with E-state index in [1.165, 1.54) is 0 Å². The van der Waals surface area contributed by atoms with Crippen LogP contribution in [0.4, 0.5) is 0 Å². The van der Waals surface area contributed by atoms with Gasteiger partial charge in [-0.1, -0.05) is 35.5 Å². The van der Waals surface area contributed by atoms with Crippen LogP contribution in [0.15, 0.2) is 40.9 Å². The van der Waals surface area contributed by atoms with Crippen molar-refractivity contribution in [1.82, 2.24) is 10.5 Å². The van der Waals surface area contributed by atoms with Crippen LogP contribution in [-0.4, -0.2) is 28.8 Å². The van der Waals surface area contributed by atoms with Gasteiger partial charge in [0.25, 0.3) is 5.91 Å². The second kappa shape index (κ2) is 6.10. The minimum atomic E-state index is -0.201. The number of aliphatic hydroxyl groups is 1. The van der Waals surface area contributed by atoms with Gasteiger partial charge in [0.05, 0.1) is 0 Å². The summed E-state index contributed by atoms with van der Waals surface area (Å²) in [6.07, 6.45) is 2.67. The first kappa shape index (κ1) is 13.8. The lowest BCUT2D eigenvalue weighted by molar-refractivity contribution is 0.0866. The molecule has 0 radical (unpaired) electrons. The Morgan fingerprint density at radius 3 is 2.81 bits per heavy atom. The molecule has 0 saturated heterocycles. The number of rotatable bonds is 5. The van der Waals surface area contributed by atoms with Crippen molar-refractivity contribution >= 4 is 5.91 Å². The highest BCUT2D eigenvalue weighted by atomic mass is 16.5. The van der Waals surface area contributed by atoms with Gasteiger partial charge in [-0.15, -0.1) is 0 Å². The van der Waals surface area contributed by atoms with Gasteiger partial charge in [-0.2, -0.15) is 0 Å². The average molecular weight is 286 g/mol. The Bertz CT molecular complexity index is 603. The molecule has 5 nitrogen and oxygen atoms in total. The average Bonchev–Trinajstić information content (AvgIpc) is 2.96. The highest BCUT2D eigenvalue weighted by Crippen LogP contribution is 2.30. The molecule has 2 aromatic rings. The molecule has 0 unspecified atom stereocenters. The van der Waals surface area contributed by atoms with Crippen LogP contribution in [0.2, 0.25) is 0 Å². The molecule has 21 heavy (non-hydrogen) atoms. The first-order valence-electron chi connectivity index (χ1n) is 7.20. The summed E-state index contributed by atoms with van der Waals surface area (Å²) in [5.74, 6) is 0.915. The molecular weight excluding hydrogens is 268 g/mol. The zero-order valence-corrected chi connectivity index (χ0v) is 11.7. The lowest BCUT2D eigenvalue weighted by atomic mass is 9.78. The predicted octanol–water partition coefficient (Wildman–Crippen LogP) is 2.23. The Labute approximate surface area is 123 Å². The third-order valence-electron chi connectivity index (χ3n) is 3.91. The Morgan fingerprint density at radius 1 is 1.33 bits per heavy atom. The third kappa shape index (κ3) is 3.13. The van der Waals surface area contributed by atoms with E-state index in [1.807, 2.05) is 30.3 Å². The lowest BCUT2D eigenvalue weighted by Gasteiger charge is -2.35. The van der Waals surface area contributed by atoms with Gasteiger partial charge in [0.1, 0.15) is 0 Å². The van der Waals surface area contributed by atoms with Gasteiger partial charge in [-0.3, -0.25) is 4.79 Å². The molecule has 1 aliphatic rings. The fourth-order valence-electron chi connectivity index (χ4n) is 2.65. The molecule has 1 saturated carbocycles. The Balaban J connectivity index is 1.58. The van der Waals surface area contributed by atoms with E-state index in [4.69, 9.17) is 9.63 Å². The van der Waals surface area contributed by atoms with Crippen LogP contribution in [-0.2, 0) is 0 Å². The van der Waals surface area contributed by atoms with Crippen molar-refractivity contribution < 1.29 is 14.4 Å². The third-order valence-corrected chi connectivity index (χ3v) is 3.91. The summed E-state index contributed by atoms with van der Waals surface area (Å²) >= 11 is 0. The van der Waals surface area contributed by atoms with Crippen molar-refractivity contribution in [1.29, 1.82) is 0 Å². The van der Waals surface area contributed by atoms with Gasteiger partial charge in [0, 0.05) is 24.3 Å². The summed E-state index contributed by atoms with van der Waals surface area (Å²) in [6, 6.07) is 11.4. The number of nitrogens with one attached hydrogen (secondary N) is 1. The SMILES string of the molecule is O=C(NC1CC(CCO)C1)c1cc(-c2ccccc2)on1. The summed E-state index contributed by atoms with van der Waals surface area (Å²) in [7, 11) is 0. The van der Waals surface area contributed by atoms with Crippen LogP contribution in [0.25, 0.3) is 11.3 Å². The molecule has 1 heterocycles. The number of nitrogens with zero attached hydrogens (tertiary/aromatic N) is 1. The standard InChI is InChI=1S/C16H18N2O3/c19-7-6-11-8-13(9-11)17-16(20)14-10-15(21-18-14)12-4-2-1-3-5-12/h1-5,10-11,13,19H,6-9H2,(H,17,20). The van der Waals surface area contributed by atoms with E-state index in [9.17, 15) is 4.79 Å². The number of hydrogen-bond acceptors (Lipinski definition) is 4. The first-order chi connectivity index (χ1) is 10.3. The molecule has 1 fully saturated rings. The summed E-state index contributed by atoms with van der Waals surface area (Å²) in [5, 5.41) is 15.6. The molecule has 1 aromatic carbocycles. The van der Waals surface area contributed by atoms with E-state index in [0.29, 0.717) is 17.4 Å². The van der Waals surface area contributed by atoms with Gasteiger partial charge >= 0.3 is 0 Å². The second-order valence-corrected chi connectivity index (χ2v) is 5.46. The van der Waals surface area contributed by atoms with E-state index in [-0.39, 0.29) is 18.6 Å². The molecular formula is C16H18N2O3. The maximum absolute atomic E-state index is 12.1. The highest BCUT2D eigenvalue weighted by molar-refractivity contribution is 5.93. The van der Waals surface area contributed by atoms with E-state index in [0.717, 1.165) is 24.8 Å². The van der Waals surface area contributed by atoms with Crippen LogP contribution in [0.5, 0.6) is 0 Å². The van der Waals surface area contributed by atoms with Crippen molar-refractivity contribution in [2.45, 2.75) is 25.3 Å². The van der Waals surface area contributed by atoms with E-state index >= 15 is 0 Å². The highest BCUT2D eigenvalue weighted by Gasteiger charge is 2.30. The van der Waals surface area contributed by atoms with Gasteiger partial charge < -0.3 is 14.9 Å². The first-order valence-corrected chi connectivity index (χ1v) is 7.20. The smallest absolute Gasteiger partial charge is 0.273 e. The van der Waals surface area contributed by atoms with Gasteiger partial charge in [-0.25, -0.2) is 0 Å². The number of aromatic nitrogens is 1. The van der Waals surface area contributed by atoms with Crippen molar-refractivity contribution in [3.63, 3.8) is 0 Å². The molecule has 5 heteroatoms. The van der Waals surface area contributed by atoms with E-state index in [2.05, 4.69) is 10.5 Å². The second-order valence-electron chi connectivity index (χ2n) is 5.46.